The van der Waals surface area contributed by atoms with Crippen LogP contribution in [0.15, 0.2) is 39.3 Å². The van der Waals surface area contributed by atoms with Crippen molar-refractivity contribution in [3.8, 4) is 11.8 Å². The van der Waals surface area contributed by atoms with Gasteiger partial charge in [0.1, 0.15) is 11.6 Å². The molecule has 0 heterocycles. The lowest BCUT2D eigenvalue weighted by Crippen LogP contribution is -1.96. The zero-order valence-corrected chi connectivity index (χ0v) is 13.5. The maximum atomic E-state index is 13.8. The lowest BCUT2D eigenvalue weighted by molar-refractivity contribution is 0.412. The number of hydrogen-bond acceptors (Lipinski definition) is 3. The molecule has 0 bridgehead atoms. The van der Waals surface area contributed by atoms with Gasteiger partial charge in [-0.1, -0.05) is 0 Å². The number of rotatable bonds is 3. The number of halogens is 3. The number of ether oxygens (including phenoxy) is 1. The van der Waals surface area contributed by atoms with Crippen LogP contribution in [0.3, 0.4) is 0 Å². The molecule has 0 aliphatic rings. The van der Waals surface area contributed by atoms with E-state index in [-0.39, 0.29) is 11.3 Å². The molecule has 6 heteroatoms. The fourth-order valence-electron chi connectivity index (χ4n) is 1.61. The van der Waals surface area contributed by atoms with E-state index in [2.05, 4.69) is 37.2 Å². The Hall–Kier alpha value is -1.58. The molecule has 0 amide bonds. The van der Waals surface area contributed by atoms with Crippen molar-refractivity contribution < 1.29 is 9.13 Å². The van der Waals surface area contributed by atoms with Gasteiger partial charge >= 0.3 is 0 Å². The second-order valence-electron chi connectivity index (χ2n) is 3.90. The highest BCUT2D eigenvalue weighted by molar-refractivity contribution is 9.11. The van der Waals surface area contributed by atoms with E-state index in [1.807, 2.05) is 12.1 Å². The number of nitrogens with one attached hydrogen (secondary N) is 1. The van der Waals surface area contributed by atoms with E-state index >= 15 is 0 Å². The summed E-state index contributed by atoms with van der Waals surface area (Å²) in [6.07, 6.45) is 0. The number of benzene rings is 2. The van der Waals surface area contributed by atoms with Crippen LogP contribution in [-0.2, 0) is 0 Å². The van der Waals surface area contributed by atoms with Crippen molar-refractivity contribution in [2.45, 2.75) is 0 Å². The van der Waals surface area contributed by atoms with Crippen LogP contribution in [0.5, 0.6) is 5.75 Å². The fourth-order valence-corrected chi connectivity index (χ4v) is 2.87. The maximum Gasteiger partial charge on any atom is 0.147 e. The summed E-state index contributed by atoms with van der Waals surface area (Å²) in [5.74, 6) is 0.141. The number of methoxy groups -OCH3 is 1. The lowest BCUT2D eigenvalue weighted by atomic mass is 10.2. The lowest BCUT2D eigenvalue weighted by Gasteiger charge is -2.12. The van der Waals surface area contributed by atoms with Crippen molar-refractivity contribution in [2.75, 3.05) is 12.4 Å². The number of nitriles is 1. The third-order valence-corrected chi connectivity index (χ3v) is 3.88. The molecule has 3 nitrogen and oxygen atoms in total. The summed E-state index contributed by atoms with van der Waals surface area (Å²) in [5, 5.41) is 11.7. The first kappa shape index (κ1) is 14.8. The predicted molar refractivity (Wildman–Crippen MR) is 82.8 cm³/mol. The Labute approximate surface area is 132 Å². The van der Waals surface area contributed by atoms with Crippen LogP contribution in [-0.4, -0.2) is 7.11 Å². The number of hydrogen-bond donors (Lipinski definition) is 1. The molecule has 0 aromatic heterocycles. The van der Waals surface area contributed by atoms with Gasteiger partial charge in [-0.3, -0.25) is 0 Å². The average Bonchev–Trinajstić information content (AvgIpc) is 2.43. The zero-order valence-electron chi connectivity index (χ0n) is 10.4. The topological polar surface area (TPSA) is 45.0 Å². The van der Waals surface area contributed by atoms with Crippen LogP contribution in [0.1, 0.15) is 5.56 Å². The van der Waals surface area contributed by atoms with Crippen molar-refractivity contribution in [3.63, 3.8) is 0 Å². The Morgan fingerprint density at radius 2 is 1.90 bits per heavy atom. The molecule has 2 aromatic carbocycles. The third kappa shape index (κ3) is 3.11. The second-order valence-corrected chi connectivity index (χ2v) is 5.61. The van der Waals surface area contributed by atoms with Crippen molar-refractivity contribution in [3.05, 3.63) is 50.7 Å². The van der Waals surface area contributed by atoms with E-state index < -0.39 is 5.82 Å². The van der Waals surface area contributed by atoms with Crippen molar-refractivity contribution in [1.29, 1.82) is 5.26 Å². The molecule has 20 heavy (non-hydrogen) atoms. The van der Waals surface area contributed by atoms with Gasteiger partial charge in [-0.2, -0.15) is 5.26 Å². The molecule has 0 spiro atoms. The molecule has 0 radical (unpaired) electrons. The van der Waals surface area contributed by atoms with Gasteiger partial charge in [-0.05, 0) is 56.1 Å². The molecule has 2 rings (SSSR count). The van der Waals surface area contributed by atoms with Gasteiger partial charge in [0.2, 0.25) is 0 Å². The van der Waals surface area contributed by atoms with Gasteiger partial charge in [0.05, 0.1) is 34.6 Å². The van der Waals surface area contributed by atoms with Crippen LogP contribution in [0.4, 0.5) is 15.8 Å². The summed E-state index contributed by atoms with van der Waals surface area (Å²) in [7, 11) is 1.56. The quantitative estimate of drug-likeness (QED) is 0.791. The number of nitrogens with zero attached hydrogens (tertiary/aromatic N) is 1. The van der Waals surface area contributed by atoms with Crippen LogP contribution in [0.2, 0.25) is 0 Å². The molecular formula is C14H9Br2FN2O. The smallest absolute Gasteiger partial charge is 0.147 e. The Kier molecular flexibility index (Phi) is 4.63. The van der Waals surface area contributed by atoms with Crippen molar-refractivity contribution in [1.82, 2.24) is 0 Å². The highest BCUT2D eigenvalue weighted by Crippen LogP contribution is 2.36. The van der Waals surface area contributed by atoms with Crippen molar-refractivity contribution in [2.24, 2.45) is 0 Å². The van der Waals surface area contributed by atoms with E-state index in [0.717, 1.165) is 8.95 Å². The van der Waals surface area contributed by atoms with E-state index in [0.29, 0.717) is 11.4 Å². The minimum atomic E-state index is -0.488. The maximum absolute atomic E-state index is 13.8. The van der Waals surface area contributed by atoms with Gasteiger partial charge in [0.25, 0.3) is 0 Å². The van der Waals surface area contributed by atoms with Crippen LogP contribution in [0.25, 0.3) is 0 Å². The molecule has 0 aliphatic heterocycles. The molecule has 0 saturated carbocycles. The Balaban J connectivity index is 2.37. The summed E-state index contributed by atoms with van der Waals surface area (Å²) in [6.45, 7) is 0. The van der Waals surface area contributed by atoms with Crippen LogP contribution >= 0.6 is 31.9 Å². The SMILES string of the molecule is COc1cc(Nc2ccc(C#N)cc2F)c(Br)cc1Br. The summed E-state index contributed by atoms with van der Waals surface area (Å²) in [6, 6.07) is 9.70. The summed E-state index contributed by atoms with van der Waals surface area (Å²) >= 11 is 6.77. The summed E-state index contributed by atoms with van der Waals surface area (Å²) < 4.78 is 20.6. The van der Waals surface area contributed by atoms with Crippen LogP contribution < -0.4 is 10.1 Å². The van der Waals surface area contributed by atoms with Crippen LogP contribution in [0, 0.1) is 17.1 Å². The monoisotopic (exact) mass is 398 g/mol. The average molecular weight is 400 g/mol. The van der Waals surface area contributed by atoms with Gasteiger partial charge in [-0.15, -0.1) is 0 Å². The van der Waals surface area contributed by atoms with Crippen molar-refractivity contribution >= 4 is 43.2 Å². The number of anilines is 2. The predicted octanol–water partition coefficient (Wildman–Crippen LogP) is 4.97. The summed E-state index contributed by atoms with van der Waals surface area (Å²) in [5.41, 5.74) is 1.23. The minimum Gasteiger partial charge on any atom is -0.495 e. The van der Waals surface area contributed by atoms with E-state index in [1.54, 1.807) is 19.2 Å². The molecule has 0 unspecified atom stereocenters. The van der Waals surface area contributed by atoms with Gasteiger partial charge in [0, 0.05) is 10.5 Å². The summed E-state index contributed by atoms with van der Waals surface area (Å²) in [4.78, 5) is 0. The molecule has 1 N–H and O–H groups in total. The Morgan fingerprint density at radius 3 is 2.50 bits per heavy atom. The van der Waals surface area contributed by atoms with E-state index in [1.165, 1.54) is 12.1 Å². The van der Waals surface area contributed by atoms with Gasteiger partial charge in [0.15, 0.2) is 0 Å². The zero-order chi connectivity index (χ0) is 14.7. The first-order valence-electron chi connectivity index (χ1n) is 5.55. The highest BCUT2D eigenvalue weighted by atomic mass is 79.9. The van der Waals surface area contributed by atoms with Gasteiger partial charge < -0.3 is 10.1 Å². The first-order chi connectivity index (χ1) is 9.55. The molecule has 0 atom stereocenters. The van der Waals surface area contributed by atoms with Gasteiger partial charge in [-0.25, -0.2) is 4.39 Å². The fraction of sp³-hybridized carbons (Fsp3) is 0.0714. The third-order valence-electron chi connectivity index (χ3n) is 2.61. The first-order valence-corrected chi connectivity index (χ1v) is 7.13. The Bertz CT molecular complexity index is 698. The standard InChI is InChI=1S/C14H9Br2FN2O/c1-20-14-6-13(9(15)5-10(14)16)19-12-3-2-8(7-18)4-11(12)17/h2-6,19H,1H3. The Morgan fingerprint density at radius 1 is 1.15 bits per heavy atom. The molecule has 0 fully saturated rings. The highest BCUT2D eigenvalue weighted by Gasteiger charge is 2.10. The molecular weight excluding hydrogens is 391 g/mol. The second kappa shape index (κ2) is 6.25. The molecule has 2 aromatic rings. The minimum absolute atomic E-state index is 0.278. The molecule has 102 valence electrons. The normalized spacial score (nSPS) is 9.95. The van der Waals surface area contributed by atoms with E-state index in [4.69, 9.17) is 10.00 Å². The largest absolute Gasteiger partial charge is 0.495 e. The molecule has 0 saturated heterocycles. The van der Waals surface area contributed by atoms with E-state index in [9.17, 15) is 4.39 Å². The molecule has 0 aliphatic carbocycles.